The summed E-state index contributed by atoms with van der Waals surface area (Å²) in [7, 11) is 3.42. The van der Waals surface area contributed by atoms with Gasteiger partial charge in [0.25, 0.3) is 0 Å². The lowest BCUT2D eigenvalue weighted by Crippen LogP contribution is -2.29. The molecule has 1 aromatic carbocycles. The second-order valence-corrected chi connectivity index (χ2v) is 6.43. The summed E-state index contributed by atoms with van der Waals surface area (Å²) in [5.74, 6) is 0.526. The van der Waals surface area contributed by atoms with Crippen molar-refractivity contribution in [3.63, 3.8) is 0 Å². The van der Waals surface area contributed by atoms with Crippen molar-refractivity contribution in [3.8, 4) is 11.3 Å². The maximum Gasteiger partial charge on any atom is 0.233 e. The van der Waals surface area contributed by atoms with Gasteiger partial charge in [-0.3, -0.25) is 4.79 Å². The molecule has 2 heterocycles. The predicted molar refractivity (Wildman–Crippen MR) is 89.4 cm³/mol. The molecule has 3 rings (SSSR count). The van der Waals surface area contributed by atoms with Gasteiger partial charge in [-0.1, -0.05) is 41.6 Å². The molecule has 0 aliphatic carbocycles. The Morgan fingerprint density at radius 3 is 2.77 bits per heavy atom. The van der Waals surface area contributed by atoms with Gasteiger partial charge in [0.05, 0.1) is 10.9 Å². The normalized spacial score (nSPS) is 16.2. The highest BCUT2D eigenvalue weighted by atomic mass is 35.5. The van der Waals surface area contributed by atoms with Gasteiger partial charge >= 0.3 is 0 Å². The molecule has 1 aliphatic rings. The van der Waals surface area contributed by atoms with E-state index in [0.29, 0.717) is 17.4 Å². The van der Waals surface area contributed by atoms with Gasteiger partial charge < -0.3 is 10.6 Å². The molecule has 114 valence electrons. The van der Waals surface area contributed by atoms with Gasteiger partial charge in [0, 0.05) is 30.2 Å². The SMILES string of the molecule is CNC(=O)C1Cc2c(nc(NC)nc2-c2ccccc2Cl)S1. The third-order valence-corrected chi connectivity index (χ3v) is 5.06. The van der Waals surface area contributed by atoms with Crippen LogP contribution in [0.4, 0.5) is 5.95 Å². The van der Waals surface area contributed by atoms with E-state index in [1.54, 1.807) is 14.1 Å². The maximum atomic E-state index is 11.9. The van der Waals surface area contributed by atoms with E-state index in [1.165, 1.54) is 11.8 Å². The number of halogens is 1. The topological polar surface area (TPSA) is 66.9 Å². The highest BCUT2D eigenvalue weighted by Crippen LogP contribution is 2.42. The Kier molecular flexibility index (Phi) is 4.22. The minimum Gasteiger partial charge on any atom is -0.358 e. The van der Waals surface area contributed by atoms with Crippen molar-refractivity contribution in [1.82, 2.24) is 15.3 Å². The first-order chi connectivity index (χ1) is 10.6. The van der Waals surface area contributed by atoms with Crippen molar-refractivity contribution in [2.45, 2.75) is 16.7 Å². The van der Waals surface area contributed by atoms with E-state index >= 15 is 0 Å². The average Bonchev–Trinajstić information content (AvgIpc) is 2.97. The van der Waals surface area contributed by atoms with Gasteiger partial charge in [-0.25, -0.2) is 9.97 Å². The minimum atomic E-state index is -0.178. The highest BCUT2D eigenvalue weighted by Gasteiger charge is 2.32. The second kappa shape index (κ2) is 6.14. The Labute approximate surface area is 137 Å². The van der Waals surface area contributed by atoms with Crippen LogP contribution < -0.4 is 10.6 Å². The molecule has 1 aliphatic heterocycles. The van der Waals surface area contributed by atoms with Crippen molar-refractivity contribution in [3.05, 3.63) is 34.9 Å². The Hall–Kier alpha value is -1.79. The number of carbonyl (C=O) groups excluding carboxylic acids is 1. The summed E-state index contributed by atoms with van der Waals surface area (Å²) in [5.41, 5.74) is 2.63. The number of hydrogen-bond acceptors (Lipinski definition) is 5. The summed E-state index contributed by atoms with van der Waals surface area (Å²) >= 11 is 7.78. The fourth-order valence-electron chi connectivity index (χ4n) is 2.40. The van der Waals surface area contributed by atoms with E-state index in [4.69, 9.17) is 11.6 Å². The Bertz CT molecular complexity index is 737. The number of benzene rings is 1. The van der Waals surface area contributed by atoms with Crippen LogP contribution in [0.2, 0.25) is 5.02 Å². The molecule has 1 atom stereocenters. The summed E-state index contributed by atoms with van der Waals surface area (Å²) in [5, 5.41) is 6.95. The van der Waals surface area contributed by atoms with Crippen LogP contribution in [0.3, 0.4) is 0 Å². The van der Waals surface area contributed by atoms with Crippen LogP contribution >= 0.6 is 23.4 Å². The van der Waals surface area contributed by atoms with E-state index in [2.05, 4.69) is 20.6 Å². The summed E-state index contributed by atoms with van der Waals surface area (Å²) in [6.45, 7) is 0. The molecule has 5 nitrogen and oxygen atoms in total. The molecule has 0 bridgehead atoms. The Morgan fingerprint density at radius 2 is 2.09 bits per heavy atom. The minimum absolute atomic E-state index is 0.000818. The van der Waals surface area contributed by atoms with Crippen LogP contribution in [0.25, 0.3) is 11.3 Å². The smallest absolute Gasteiger partial charge is 0.233 e. The average molecular weight is 335 g/mol. The molecule has 2 N–H and O–H groups in total. The molecule has 22 heavy (non-hydrogen) atoms. The van der Waals surface area contributed by atoms with Gasteiger partial charge in [0.2, 0.25) is 11.9 Å². The lowest BCUT2D eigenvalue weighted by atomic mass is 10.0. The van der Waals surface area contributed by atoms with Gasteiger partial charge in [0.1, 0.15) is 5.03 Å². The number of fused-ring (bicyclic) bond motifs is 1. The molecule has 7 heteroatoms. The number of nitrogens with one attached hydrogen (secondary N) is 2. The molecule has 1 unspecified atom stereocenters. The largest absolute Gasteiger partial charge is 0.358 e. The van der Waals surface area contributed by atoms with E-state index in [-0.39, 0.29) is 11.2 Å². The summed E-state index contributed by atoms with van der Waals surface area (Å²) in [4.78, 5) is 21.0. The van der Waals surface area contributed by atoms with Crippen LogP contribution in [-0.4, -0.2) is 35.2 Å². The molecule has 0 fully saturated rings. The highest BCUT2D eigenvalue weighted by molar-refractivity contribution is 8.00. The molecule has 1 aromatic heterocycles. The molecule has 0 saturated heterocycles. The van der Waals surface area contributed by atoms with Crippen LogP contribution in [0.5, 0.6) is 0 Å². The molecule has 1 amide bonds. The van der Waals surface area contributed by atoms with Crippen LogP contribution in [0.1, 0.15) is 5.56 Å². The zero-order chi connectivity index (χ0) is 15.7. The van der Waals surface area contributed by atoms with Crippen molar-refractivity contribution in [2.75, 3.05) is 19.4 Å². The quantitative estimate of drug-likeness (QED) is 0.845. The van der Waals surface area contributed by atoms with E-state index < -0.39 is 0 Å². The van der Waals surface area contributed by atoms with Crippen molar-refractivity contribution in [2.24, 2.45) is 0 Å². The molecule has 0 spiro atoms. The maximum absolute atomic E-state index is 11.9. The third-order valence-electron chi connectivity index (χ3n) is 3.50. The number of amides is 1. The summed E-state index contributed by atoms with van der Waals surface area (Å²) in [6.07, 6.45) is 0.601. The molecule has 2 aromatic rings. The number of thioether (sulfide) groups is 1. The molecular weight excluding hydrogens is 320 g/mol. The van der Waals surface area contributed by atoms with Crippen LogP contribution in [0.15, 0.2) is 29.3 Å². The van der Waals surface area contributed by atoms with E-state index in [0.717, 1.165) is 21.8 Å². The fraction of sp³-hybridized carbons (Fsp3) is 0.267. The van der Waals surface area contributed by atoms with Crippen LogP contribution in [-0.2, 0) is 11.2 Å². The van der Waals surface area contributed by atoms with Gasteiger partial charge in [-0.15, -0.1) is 0 Å². The number of rotatable bonds is 3. The number of anilines is 1. The fourth-order valence-corrected chi connectivity index (χ4v) is 3.83. The Morgan fingerprint density at radius 1 is 1.32 bits per heavy atom. The zero-order valence-electron chi connectivity index (χ0n) is 12.2. The van der Waals surface area contributed by atoms with E-state index in [9.17, 15) is 4.79 Å². The molecular formula is C15H15ClN4OS. The zero-order valence-corrected chi connectivity index (χ0v) is 13.8. The molecule has 0 radical (unpaired) electrons. The number of hydrogen-bond donors (Lipinski definition) is 2. The number of nitrogens with zero attached hydrogens (tertiary/aromatic N) is 2. The van der Waals surface area contributed by atoms with Crippen molar-refractivity contribution in [1.29, 1.82) is 0 Å². The van der Waals surface area contributed by atoms with Gasteiger partial charge in [-0.05, 0) is 12.5 Å². The number of aromatic nitrogens is 2. The third kappa shape index (κ3) is 2.64. The van der Waals surface area contributed by atoms with Gasteiger partial charge in [0.15, 0.2) is 0 Å². The second-order valence-electron chi connectivity index (χ2n) is 4.83. The van der Waals surface area contributed by atoms with Crippen LogP contribution in [0, 0.1) is 0 Å². The van der Waals surface area contributed by atoms with Crippen molar-refractivity contribution < 1.29 is 4.79 Å². The predicted octanol–water partition coefficient (Wildman–Crippen LogP) is 2.60. The Balaban J connectivity index is 2.11. The van der Waals surface area contributed by atoms with Gasteiger partial charge in [-0.2, -0.15) is 0 Å². The van der Waals surface area contributed by atoms with E-state index in [1.807, 2.05) is 24.3 Å². The summed E-state index contributed by atoms with van der Waals surface area (Å²) in [6, 6.07) is 7.58. The first kappa shape index (κ1) is 15.1. The first-order valence-corrected chi connectivity index (χ1v) is 8.11. The standard InChI is InChI=1S/C15H15ClN4OS/c1-17-13(21)11-7-9-12(8-5-3-4-6-10(8)16)19-15(18-2)20-14(9)22-11/h3-6,11H,7H2,1-2H3,(H,17,21)(H,18,19,20). The summed E-state index contributed by atoms with van der Waals surface area (Å²) < 4.78 is 0. The monoisotopic (exact) mass is 334 g/mol. The van der Waals surface area contributed by atoms with Crippen molar-refractivity contribution >= 4 is 35.2 Å². The lowest BCUT2D eigenvalue weighted by molar-refractivity contribution is -0.120. The molecule has 0 saturated carbocycles. The number of carbonyl (C=O) groups is 1. The first-order valence-electron chi connectivity index (χ1n) is 6.86. The lowest BCUT2D eigenvalue weighted by Gasteiger charge is -2.10.